The summed E-state index contributed by atoms with van der Waals surface area (Å²) in [7, 11) is 3.03. The normalized spacial score (nSPS) is 10.3. The van der Waals surface area contributed by atoms with Gasteiger partial charge in [0.05, 0.1) is 31.6 Å². The van der Waals surface area contributed by atoms with Crippen LogP contribution in [0.5, 0.6) is 11.5 Å². The van der Waals surface area contributed by atoms with Gasteiger partial charge in [0, 0.05) is 5.39 Å². The number of amides is 1. The number of para-hydroxylation sites is 1. The number of benzene rings is 2. The Morgan fingerprint density at radius 1 is 1.00 bits per heavy atom. The molecule has 116 valence electrons. The van der Waals surface area contributed by atoms with E-state index in [1.807, 2.05) is 30.3 Å². The number of hydrogen-bond acceptors (Lipinski definition) is 4. The number of rotatable bonds is 4. The number of carbonyl (C=O) groups excluding carboxylic acids is 1. The van der Waals surface area contributed by atoms with Gasteiger partial charge >= 0.3 is 0 Å². The van der Waals surface area contributed by atoms with Crippen molar-refractivity contribution < 1.29 is 14.3 Å². The lowest BCUT2D eigenvalue weighted by Crippen LogP contribution is -2.14. The predicted octanol–water partition coefficient (Wildman–Crippen LogP) is 3.50. The summed E-state index contributed by atoms with van der Waals surface area (Å²) >= 11 is 0. The minimum atomic E-state index is -0.309. The maximum Gasteiger partial charge on any atom is 0.263 e. The highest BCUT2D eigenvalue weighted by molar-refractivity contribution is 6.08. The van der Waals surface area contributed by atoms with Gasteiger partial charge in [-0.2, -0.15) is 0 Å². The van der Waals surface area contributed by atoms with Gasteiger partial charge in [-0.25, -0.2) is 0 Å². The first-order chi connectivity index (χ1) is 11.2. The van der Waals surface area contributed by atoms with E-state index < -0.39 is 0 Å². The quantitative estimate of drug-likeness (QED) is 0.801. The first-order valence-electron chi connectivity index (χ1n) is 7.10. The van der Waals surface area contributed by atoms with Gasteiger partial charge in [0.25, 0.3) is 5.91 Å². The van der Waals surface area contributed by atoms with E-state index >= 15 is 0 Å². The average Bonchev–Trinajstić information content (AvgIpc) is 2.60. The molecule has 0 radical (unpaired) electrons. The Labute approximate surface area is 133 Å². The molecule has 1 heterocycles. The molecule has 0 atom stereocenters. The standard InChI is InChI=1S/C18H16N2O3/c1-22-15-8-5-9-16(23-2)17(15)18(21)20-13-10-12-6-3-4-7-14(12)19-11-13/h3-11H,1-2H3,(H,20,21). The van der Waals surface area contributed by atoms with E-state index in [2.05, 4.69) is 10.3 Å². The van der Waals surface area contributed by atoms with Gasteiger partial charge in [0.1, 0.15) is 17.1 Å². The number of anilines is 1. The minimum Gasteiger partial charge on any atom is -0.496 e. The van der Waals surface area contributed by atoms with Crippen LogP contribution in [0.1, 0.15) is 10.4 Å². The zero-order valence-electron chi connectivity index (χ0n) is 12.9. The molecule has 3 rings (SSSR count). The van der Waals surface area contributed by atoms with Crippen LogP contribution in [0.15, 0.2) is 54.7 Å². The number of fused-ring (bicyclic) bond motifs is 1. The van der Waals surface area contributed by atoms with Crippen LogP contribution < -0.4 is 14.8 Å². The maximum absolute atomic E-state index is 12.6. The third-order valence-electron chi connectivity index (χ3n) is 3.50. The molecule has 1 N–H and O–H groups in total. The van der Waals surface area contributed by atoms with Gasteiger partial charge in [-0.15, -0.1) is 0 Å². The molecule has 0 saturated carbocycles. The van der Waals surface area contributed by atoms with Crippen LogP contribution in [0, 0.1) is 0 Å². The summed E-state index contributed by atoms with van der Waals surface area (Å²) in [6.45, 7) is 0. The van der Waals surface area contributed by atoms with E-state index in [0.717, 1.165) is 10.9 Å². The van der Waals surface area contributed by atoms with Crippen LogP contribution in [0.4, 0.5) is 5.69 Å². The molecule has 23 heavy (non-hydrogen) atoms. The molecule has 0 saturated heterocycles. The van der Waals surface area contributed by atoms with E-state index in [0.29, 0.717) is 22.7 Å². The van der Waals surface area contributed by atoms with E-state index in [1.165, 1.54) is 14.2 Å². The number of ether oxygens (including phenoxy) is 2. The predicted molar refractivity (Wildman–Crippen MR) is 89.2 cm³/mol. The Bertz CT molecular complexity index is 840. The topological polar surface area (TPSA) is 60.5 Å². The fourth-order valence-electron chi connectivity index (χ4n) is 2.41. The fraction of sp³-hybridized carbons (Fsp3) is 0.111. The molecule has 0 aliphatic rings. The molecule has 0 fully saturated rings. The zero-order valence-corrected chi connectivity index (χ0v) is 12.9. The minimum absolute atomic E-state index is 0.309. The van der Waals surface area contributed by atoms with Crippen molar-refractivity contribution in [3.8, 4) is 11.5 Å². The molecule has 5 heteroatoms. The van der Waals surface area contributed by atoms with Crippen molar-refractivity contribution in [2.45, 2.75) is 0 Å². The van der Waals surface area contributed by atoms with Gasteiger partial charge in [0.2, 0.25) is 0 Å². The van der Waals surface area contributed by atoms with Crippen LogP contribution in [-0.4, -0.2) is 25.1 Å². The highest BCUT2D eigenvalue weighted by Crippen LogP contribution is 2.29. The van der Waals surface area contributed by atoms with Crippen molar-refractivity contribution in [1.29, 1.82) is 0 Å². The SMILES string of the molecule is COc1cccc(OC)c1C(=O)Nc1cnc2ccccc2c1. The maximum atomic E-state index is 12.6. The van der Waals surface area contributed by atoms with Gasteiger partial charge in [-0.05, 0) is 24.3 Å². The van der Waals surface area contributed by atoms with Crippen molar-refractivity contribution in [2.24, 2.45) is 0 Å². The van der Waals surface area contributed by atoms with Crippen molar-refractivity contribution in [2.75, 3.05) is 19.5 Å². The Hall–Kier alpha value is -3.08. The highest BCUT2D eigenvalue weighted by Gasteiger charge is 2.18. The van der Waals surface area contributed by atoms with Gasteiger partial charge in [-0.1, -0.05) is 24.3 Å². The second-order valence-corrected chi connectivity index (χ2v) is 4.91. The summed E-state index contributed by atoms with van der Waals surface area (Å²) in [6.07, 6.45) is 1.63. The number of aromatic nitrogens is 1. The van der Waals surface area contributed by atoms with Crippen LogP contribution in [0.2, 0.25) is 0 Å². The first kappa shape index (κ1) is 14.8. The largest absolute Gasteiger partial charge is 0.496 e. The lowest BCUT2D eigenvalue weighted by molar-refractivity contribution is 0.102. The van der Waals surface area contributed by atoms with Crippen LogP contribution >= 0.6 is 0 Å². The van der Waals surface area contributed by atoms with Crippen LogP contribution in [0.3, 0.4) is 0 Å². The van der Waals surface area contributed by atoms with E-state index in [4.69, 9.17) is 9.47 Å². The summed E-state index contributed by atoms with van der Waals surface area (Å²) in [4.78, 5) is 16.9. The van der Waals surface area contributed by atoms with Crippen molar-refractivity contribution in [3.63, 3.8) is 0 Å². The summed E-state index contributed by atoms with van der Waals surface area (Å²) in [5.41, 5.74) is 1.84. The monoisotopic (exact) mass is 308 g/mol. The molecule has 0 aliphatic heterocycles. The molecular formula is C18H16N2O3. The van der Waals surface area contributed by atoms with Gasteiger partial charge in [-0.3, -0.25) is 9.78 Å². The summed E-state index contributed by atoms with van der Waals surface area (Å²) < 4.78 is 10.5. The van der Waals surface area contributed by atoms with Crippen molar-refractivity contribution in [1.82, 2.24) is 4.98 Å². The summed E-state index contributed by atoms with van der Waals surface area (Å²) in [5.74, 6) is 0.600. The van der Waals surface area contributed by atoms with E-state index in [1.54, 1.807) is 24.4 Å². The number of methoxy groups -OCH3 is 2. The molecule has 0 unspecified atom stereocenters. The number of pyridine rings is 1. The molecule has 3 aromatic rings. The van der Waals surface area contributed by atoms with Crippen LogP contribution in [-0.2, 0) is 0 Å². The lowest BCUT2D eigenvalue weighted by atomic mass is 10.1. The summed E-state index contributed by atoms with van der Waals surface area (Å²) in [6, 6.07) is 14.8. The second-order valence-electron chi connectivity index (χ2n) is 4.91. The van der Waals surface area contributed by atoms with E-state index in [-0.39, 0.29) is 5.91 Å². The van der Waals surface area contributed by atoms with Gasteiger partial charge < -0.3 is 14.8 Å². The molecule has 0 aliphatic carbocycles. The molecule has 0 bridgehead atoms. The van der Waals surface area contributed by atoms with Crippen LogP contribution in [0.25, 0.3) is 10.9 Å². The first-order valence-corrected chi connectivity index (χ1v) is 7.10. The number of hydrogen-bond donors (Lipinski definition) is 1. The number of carbonyl (C=O) groups is 1. The van der Waals surface area contributed by atoms with Gasteiger partial charge in [0.15, 0.2) is 0 Å². The third kappa shape index (κ3) is 2.94. The average molecular weight is 308 g/mol. The Balaban J connectivity index is 1.94. The molecule has 2 aromatic carbocycles. The number of nitrogens with zero attached hydrogens (tertiary/aromatic N) is 1. The molecule has 1 aromatic heterocycles. The molecule has 5 nitrogen and oxygen atoms in total. The number of nitrogens with one attached hydrogen (secondary N) is 1. The third-order valence-corrected chi connectivity index (χ3v) is 3.50. The Morgan fingerprint density at radius 2 is 1.70 bits per heavy atom. The summed E-state index contributed by atoms with van der Waals surface area (Å²) in [5, 5.41) is 3.79. The molecule has 0 spiro atoms. The van der Waals surface area contributed by atoms with E-state index in [9.17, 15) is 4.79 Å². The molecular weight excluding hydrogens is 292 g/mol. The molecule has 1 amide bonds. The highest BCUT2D eigenvalue weighted by atomic mass is 16.5. The zero-order chi connectivity index (χ0) is 16.2. The Morgan fingerprint density at radius 3 is 2.39 bits per heavy atom. The second kappa shape index (κ2) is 6.36. The van der Waals surface area contributed by atoms with Crippen molar-refractivity contribution >= 4 is 22.5 Å². The Kier molecular flexibility index (Phi) is 4.10. The fourth-order valence-corrected chi connectivity index (χ4v) is 2.41. The lowest BCUT2D eigenvalue weighted by Gasteiger charge is -2.13. The smallest absolute Gasteiger partial charge is 0.263 e. The van der Waals surface area contributed by atoms with Crippen molar-refractivity contribution in [3.05, 3.63) is 60.3 Å².